The van der Waals surface area contributed by atoms with Crippen LogP contribution in [0.2, 0.25) is 10.0 Å². The lowest BCUT2D eigenvalue weighted by molar-refractivity contribution is -0.138. The van der Waals surface area contributed by atoms with Crippen molar-refractivity contribution in [1.29, 1.82) is 0 Å². The fourth-order valence-corrected chi connectivity index (χ4v) is 3.70. The Morgan fingerprint density at radius 1 is 1.12 bits per heavy atom. The summed E-state index contributed by atoms with van der Waals surface area (Å²) < 4.78 is 37.9. The molecule has 1 fully saturated rings. The minimum atomic E-state index is -4.47. The Morgan fingerprint density at radius 2 is 1.81 bits per heavy atom. The van der Waals surface area contributed by atoms with Crippen LogP contribution in [0.15, 0.2) is 18.2 Å². The minimum Gasteiger partial charge on any atom is -0.345 e. The van der Waals surface area contributed by atoms with Gasteiger partial charge in [-0.05, 0) is 30.4 Å². The molecule has 0 amide bonds. The molecule has 0 atom stereocenters. The van der Waals surface area contributed by atoms with Gasteiger partial charge in [-0.25, -0.2) is 0 Å². The van der Waals surface area contributed by atoms with Gasteiger partial charge in [-0.2, -0.15) is 13.2 Å². The first kappa shape index (κ1) is 19.4. The second kappa shape index (κ2) is 7.71. The first-order valence-electron chi connectivity index (χ1n) is 7.40. The number of piperazine rings is 1. The standard InChI is InChI=1S/C14H12Cl2F3N5S2/c15-9-2-1-8(7-10(9)16)20-12(25)23-3-5-24(6-4-23)13-22-21-11(26-13)14(17,18)19/h1-2,7H,3-6H2,(H,20,25). The number of halogens is 5. The van der Waals surface area contributed by atoms with Crippen molar-refractivity contribution in [3.05, 3.63) is 33.3 Å². The molecule has 140 valence electrons. The molecule has 12 heteroatoms. The summed E-state index contributed by atoms with van der Waals surface area (Å²) in [5.74, 6) is 0. The van der Waals surface area contributed by atoms with E-state index in [1.54, 1.807) is 23.1 Å². The Hall–Kier alpha value is -1.36. The number of rotatable bonds is 2. The Kier molecular flexibility index (Phi) is 5.75. The van der Waals surface area contributed by atoms with Gasteiger partial charge in [0.05, 0.1) is 10.0 Å². The molecule has 1 aromatic carbocycles. The monoisotopic (exact) mass is 441 g/mol. The third-order valence-corrected chi connectivity index (χ3v) is 5.79. The second-order valence-electron chi connectivity index (χ2n) is 5.42. The Bertz CT molecular complexity index is 806. The van der Waals surface area contributed by atoms with Gasteiger partial charge in [0, 0.05) is 31.9 Å². The van der Waals surface area contributed by atoms with Crippen LogP contribution >= 0.6 is 46.8 Å². The maximum Gasteiger partial charge on any atom is 0.445 e. The van der Waals surface area contributed by atoms with Crippen LogP contribution in [0.4, 0.5) is 24.0 Å². The van der Waals surface area contributed by atoms with E-state index in [-0.39, 0.29) is 5.13 Å². The Morgan fingerprint density at radius 3 is 2.38 bits per heavy atom. The largest absolute Gasteiger partial charge is 0.445 e. The van der Waals surface area contributed by atoms with Crippen molar-refractivity contribution < 1.29 is 13.2 Å². The van der Waals surface area contributed by atoms with Crippen LogP contribution in [0, 0.1) is 0 Å². The summed E-state index contributed by atoms with van der Waals surface area (Å²) >= 11 is 17.8. The van der Waals surface area contributed by atoms with Gasteiger partial charge in [-0.15, -0.1) is 10.2 Å². The zero-order valence-electron chi connectivity index (χ0n) is 13.1. The van der Waals surface area contributed by atoms with Crippen molar-refractivity contribution in [1.82, 2.24) is 15.1 Å². The quantitative estimate of drug-likeness (QED) is 0.697. The van der Waals surface area contributed by atoms with Crippen LogP contribution in [0.1, 0.15) is 5.01 Å². The average molecular weight is 442 g/mol. The average Bonchev–Trinajstić information content (AvgIpc) is 3.09. The predicted octanol–water partition coefficient (Wildman–Crippen LogP) is 4.38. The zero-order chi connectivity index (χ0) is 18.9. The lowest BCUT2D eigenvalue weighted by Crippen LogP contribution is -2.50. The van der Waals surface area contributed by atoms with Gasteiger partial charge in [0.15, 0.2) is 5.11 Å². The highest BCUT2D eigenvalue weighted by Gasteiger charge is 2.36. The topological polar surface area (TPSA) is 44.3 Å². The molecule has 3 rings (SSSR count). The molecule has 0 radical (unpaired) electrons. The number of nitrogens with zero attached hydrogens (tertiary/aromatic N) is 4. The molecule has 0 unspecified atom stereocenters. The van der Waals surface area contributed by atoms with E-state index in [0.717, 1.165) is 0 Å². The van der Waals surface area contributed by atoms with Crippen LogP contribution in [-0.4, -0.2) is 46.4 Å². The number of alkyl halides is 3. The second-order valence-corrected chi connectivity index (χ2v) is 7.58. The summed E-state index contributed by atoms with van der Waals surface area (Å²) in [5.41, 5.74) is 0.714. The van der Waals surface area contributed by atoms with Crippen molar-refractivity contribution in [2.24, 2.45) is 0 Å². The third-order valence-electron chi connectivity index (χ3n) is 3.67. The van der Waals surface area contributed by atoms with Crippen LogP contribution in [0.3, 0.4) is 0 Å². The van der Waals surface area contributed by atoms with E-state index in [1.165, 1.54) is 0 Å². The van der Waals surface area contributed by atoms with Crippen molar-refractivity contribution in [3.63, 3.8) is 0 Å². The van der Waals surface area contributed by atoms with Crippen molar-refractivity contribution in [2.75, 3.05) is 36.4 Å². The van der Waals surface area contributed by atoms with Crippen LogP contribution < -0.4 is 10.2 Å². The normalized spacial score (nSPS) is 15.3. The van der Waals surface area contributed by atoms with Crippen LogP contribution in [-0.2, 0) is 6.18 Å². The van der Waals surface area contributed by atoms with E-state index < -0.39 is 11.2 Å². The number of benzene rings is 1. The molecule has 5 nitrogen and oxygen atoms in total. The molecule has 1 N–H and O–H groups in total. The van der Waals surface area contributed by atoms with Crippen LogP contribution in [0.25, 0.3) is 0 Å². The Labute approximate surface area is 166 Å². The lowest BCUT2D eigenvalue weighted by Gasteiger charge is -2.35. The summed E-state index contributed by atoms with van der Waals surface area (Å²) in [7, 11) is 0. The summed E-state index contributed by atoms with van der Waals surface area (Å²) in [5, 5.41) is 10.6. The molecule has 2 heterocycles. The number of anilines is 2. The smallest absolute Gasteiger partial charge is 0.345 e. The van der Waals surface area contributed by atoms with Gasteiger partial charge in [-0.1, -0.05) is 34.5 Å². The van der Waals surface area contributed by atoms with E-state index in [0.29, 0.717) is 58.4 Å². The van der Waals surface area contributed by atoms with Gasteiger partial charge in [0.2, 0.25) is 10.1 Å². The summed E-state index contributed by atoms with van der Waals surface area (Å²) in [4.78, 5) is 3.70. The molecule has 0 spiro atoms. The first-order chi connectivity index (χ1) is 12.2. The molecular formula is C14H12Cl2F3N5S2. The predicted molar refractivity (Wildman–Crippen MR) is 101 cm³/mol. The van der Waals surface area contributed by atoms with Crippen molar-refractivity contribution >= 4 is 62.7 Å². The van der Waals surface area contributed by atoms with E-state index >= 15 is 0 Å². The Balaban J connectivity index is 1.57. The zero-order valence-corrected chi connectivity index (χ0v) is 16.2. The first-order valence-corrected chi connectivity index (χ1v) is 9.39. The molecule has 26 heavy (non-hydrogen) atoms. The molecule has 1 saturated heterocycles. The molecule has 0 bridgehead atoms. The number of aromatic nitrogens is 2. The van der Waals surface area contributed by atoms with Crippen molar-refractivity contribution in [2.45, 2.75) is 6.18 Å². The van der Waals surface area contributed by atoms with Crippen LogP contribution in [0.5, 0.6) is 0 Å². The van der Waals surface area contributed by atoms with E-state index in [4.69, 9.17) is 35.4 Å². The molecular weight excluding hydrogens is 430 g/mol. The molecule has 2 aromatic rings. The van der Waals surface area contributed by atoms with E-state index in [1.807, 2.05) is 4.90 Å². The van der Waals surface area contributed by atoms with Gasteiger partial charge < -0.3 is 15.1 Å². The van der Waals surface area contributed by atoms with E-state index in [2.05, 4.69) is 15.5 Å². The molecule has 0 saturated carbocycles. The van der Waals surface area contributed by atoms with Gasteiger partial charge >= 0.3 is 6.18 Å². The molecule has 0 aliphatic carbocycles. The van der Waals surface area contributed by atoms with Crippen molar-refractivity contribution in [3.8, 4) is 0 Å². The number of nitrogens with one attached hydrogen (secondary N) is 1. The highest BCUT2D eigenvalue weighted by atomic mass is 35.5. The molecule has 1 aliphatic heterocycles. The fraction of sp³-hybridized carbons (Fsp3) is 0.357. The SMILES string of the molecule is FC(F)(F)c1nnc(N2CCN(C(=S)Nc3ccc(Cl)c(Cl)c3)CC2)s1. The maximum absolute atomic E-state index is 12.6. The highest BCUT2D eigenvalue weighted by molar-refractivity contribution is 7.80. The molecule has 1 aromatic heterocycles. The number of hydrogen-bond acceptors (Lipinski definition) is 5. The lowest BCUT2D eigenvalue weighted by atomic mass is 10.3. The van der Waals surface area contributed by atoms with Gasteiger partial charge in [0.1, 0.15) is 0 Å². The fourth-order valence-electron chi connectivity index (χ4n) is 2.34. The highest BCUT2D eigenvalue weighted by Crippen LogP contribution is 2.34. The number of hydrogen-bond donors (Lipinski definition) is 1. The summed E-state index contributed by atoms with van der Waals surface area (Å²) in [6.07, 6.45) is -4.47. The van der Waals surface area contributed by atoms with Gasteiger partial charge in [0.25, 0.3) is 0 Å². The maximum atomic E-state index is 12.6. The third kappa shape index (κ3) is 4.48. The van der Waals surface area contributed by atoms with E-state index in [9.17, 15) is 13.2 Å². The summed E-state index contributed by atoms with van der Waals surface area (Å²) in [6.45, 7) is 2.09. The molecule has 1 aliphatic rings. The summed E-state index contributed by atoms with van der Waals surface area (Å²) in [6, 6.07) is 5.10. The number of thiocarbonyl (C=S) groups is 1. The minimum absolute atomic E-state index is 0.264. The van der Waals surface area contributed by atoms with Gasteiger partial charge in [-0.3, -0.25) is 0 Å².